The van der Waals surface area contributed by atoms with Gasteiger partial charge in [0.25, 0.3) is 0 Å². The number of benzene rings is 1. The molecule has 0 atom stereocenters. The summed E-state index contributed by atoms with van der Waals surface area (Å²) < 4.78 is 0. The highest BCUT2D eigenvalue weighted by atomic mass is 15.1. The fourth-order valence-corrected chi connectivity index (χ4v) is 2.41. The van der Waals surface area contributed by atoms with Crippen LogP contribution in [0, 0.1) is 0 Å². The van der Waals surface area contributed by atoms with Gasteiger partial charge in [0.15, 0.2) is 0 Å². The predicted octanol–water partition coefficient (Wildman–Crippen LogP) is 2.91. The van der Waals surface area contributed by atoms with Crippen LogP contribution < -0.4 is 5.32 Å². The molecule has 0 saturated heterocycles. The number of rotatable bonds is 5. The van der Waals surface area contributed by atoms with Gasteiger partial charge in [-0.05, 0) is 42.8 Å². The second-order valence-electron chi connectivity index (χ2n) is 4.84. The van der Waals surface area contributed by atoms with Gasteiger partial charge < -0.3 is 5.32 Å². The van der Waals surface area contributed by atoms with Gasteiger partial charge in [-0.3, -0.25) is 4.90 Å². The molecule has 1 N–H and O–H groups in total. The third kappa shape index (κ3) is 3.44. The molecule has 0 radical (unpaired) electrons. The summed E-state index contributed by atoms with van der Waals surface area (Å²) in [5.41, 5.74) is 4.29. The molecule has 1 aromatic carbocycles. The van der Waals surface area contributed by atoms with E-state index in [0.717, 1.165) is 39.1 Å². The van der Waals surface area contributed by atoms with Crippen molar-refractivity contribution in [1.29, 1.82) is 0 Å². The van der Waals surface area contributed by atoms with Crippen molar-refractivity contribution >= 4 is 5.57 Å². The zero-order valence-electron chi connectivity index (χ0n) is 11.6. The Morgan fingerprint density at radius 3 is 2.39 bits per heavy atom. The Kier molecular flexibility index (Phi) is 4.97. The molecule has 0 fully saturated rings. The molecule has 1 aliphatic heterocycles. The summed E-state index contributed by atoms with van der Waals surface area (Å²) in [5.74, 6) is 0. The largest absolute Gasteiger partial charge is 0.313 e. The number of hydrogen-bond acceptors (Lipinski definition) is 2. The Labute approximate surface area is 111 Å². The predicted molar refractivity (Wildman–Crippen MR) is 78.5 cm³/mol. The van der Waals surface area contributed by atoms with E-state index in [1.807, 2.05) is 0 Å². The van der Waals surface area contributed by atoms with E-state index in [1.54, 1.807) is 0 Å². The van der Waals surface area contributed by atoms with Crippen LogP contribution in [0.5, 0.6) is 0 Å². The Morgan fingerprint density at radius 2 is 1.83 bits per heavy atom. The molecule has 1 heterocycles. The Morgan fingerprint density at radius 1 is 1.11 bits per heavy atom. The maximum absolute atomic E-state index is 3.35. The molecule has 1 aliphatic rings. The summed E-state index contributed by atoms with van der Waals surface area (Å²) in [4.78, 5) is 2.44. The third-order valence-corrected chi connectivity index (χ3v) is 3.69. The highest BCUT2D eigenvalue weighted by Crippen LogP contribution is 2.20. The van der Waals surface area contributed by atoms with Crippen molar-refractivity contribution in [3.8, 4) is 0 Å². The first-order valence-electron chi connectivity index (χ1n) is 7.05. The minimum absolute atomic E-state index is 1.01. The quantitative estimate of drug-likeness (QED) is 0.857. The lowest BCUT2D eigenvalue weighted by atomic mass is 9.99. The summed E-state index contributed by atoms with van der Waals surface area (Å²) in [7, 11) is 0. The number of nitrogens with one attached hydrogen (secondary N) is 1. The van der Waals surface area contributed by atoms with Crippen molar-refractivity contribution in [2.24, 2.45) is 0 Å². The summed E-state index contributed by atoms with van der Waals surface area (Å²) in [6.07, 6.45) is 3.46. The van der Waals surface area contributed by atoms with E-state index in [2.05, 4.69) is 54.4 Å². The zero-order chi connectivity index (χ0) is 12.8. The molecule has 0 aliphatic carbocycles. The SMILES string of the molecule is CCN(CC)Cc1ccc(C2=CCNCC2)cc1. The number of nitrogens with zero attached hydrogens (tertiary/aromatic N) is 1. The first-order chi connectivity index (χ1) is 8.83. The lowest BCUT2D eigenvalue weighted by Crippen LogP contribution is -2.22. The van der Waals surface area contributed by atoms with Crippen LogP contribution in [0.1, 0.15) is 31.4 Å². The molecule has 0 spiro atoms. The minimum atomic E-state index is 1.01. The molecular weight excluding hydrogens is 220 g/mol. The molecule has 2 rings (SSSR count). The van der Waals surface area contributed by atoms with Crippen molar-refractivity contribution in [1.82, 2.24) is 10.2 Å². The van der Waals surface area contributed by atoms with Gasteiger partial charge >= 0.3 is 0 Å². The molecule has 0 amide bonds. The summed E-state index contributed by atoms with van der Waals surface area (Å²) in [5, 5.41) is 3.35. The van der Waals surface area contributed by atoms with Gasteiger partial charge in [0.05, 0.1) is 0 Å². The Balaban J connectivity index is 2.03. The highest BCUT2D eigenvalue weighted by Gasteiger charge is 2.06. The molecule has 0 aromatic heterocycles. The van der Waals surface area contributed by atoms with Crippen molar-refractivity contribution in [3.05, 3.63) is 41.5 Å². The maximum atomic E-state index is 3.35. The standard InChI is InChI=1S/C16H24N2/c1-3-18(4-2)13-14-5-7-15(8-6-14)16-9-11-17-12-10-16/h5-9,17H,3-4,10-13H2,1-2H3. The van der Waals surface area contributed by atoms with Gasteiger partial charge in [-0.2, -0.15) is 0 Å². The molecule has 0 bridgehead atoms. The smallest absolute Gasteiger partial charge is 0.0233 e. The second-order valence-corrected chi connectivity index (χ2v) is 4.84. The fraction of sp³-hybridized carbons (Fsp3) is 0.500. The second kappa shape index (κ2) is 6.72. The van der Waals surface area contributed by atoms with E-state index in [9.17, 15) is 0 Å². The monoisotopic (exact) mass is 244 g/mol. The third-order valence-electron chi connectivity index (χ3n) is 3.69. The van der Waals surface area contributed by atoms with Crippen LogP contribution in [0.4, 0.5) is 0 Å². The van der Waals surface area contributed by atoms with Crippen LogP contribution in [-0.2, 0) is 6.54 Å². The first-order valence-corrected chi connectivity index (χ1v) is 7.05. The van der Waals surface area contributed by atoms with Gasteiger partial charge in [0.1, 0.15) is 0 Å². The zero-order valence-corrected chi connectivity index (χ0v) is 11.6. The maximum Gasteiger partial charge on any atom is 0.0233 e. The minimum Gasteiger partial charge on any atom is -0.313 e. The van der Waals surface area contributed by atoms with E-state index >= 15 is 0 Å². The van der Waals surface area contributed by atoms with E-state index in [4.69, 9.17) is 0 Å². The fourth-order valence-electron chi connectivity index (χ4n) is 2.41. The summed E-state index contributed by atoms with van der Waals surface area (Å²) in [6, 6.07) is 9.10. The van der Waals surface area contributed by atoms with Crippen molar-refractivity contribution < 1.29 is 0 Å². The van der Waals surface area contributed by atoms with Crippen LogP contribution >= 0.6 is 0 Å². The van der Waals surface area contributed by atoms with Gasteiger partial charge in [-0.15, -0.1) is 0 Å². The van der Waals surface area contributed by atoms with Gasteiger partial charge in [0, 0.05) is 13.1 Å². The van der Waals surface area contributed by atoms with Crippen LogP contribution in [0.15, 0.2) is 30.3 Å². The Hall–Kier alpha value is -1.12. The van der Waals surface area contributed by atoms with Crippen LogP contribution in [0.25, 0.3) is 5.57 Å². The van der Waals surface area contributed by atoms with Crippen molar-refractivity contribution in [2.45, 2.75) is 26.8 Å². The van der Waals surface area contributed by atoms with Crippen LogP contribution in [0.3, 0.4) is 0 Å². The van der Waals surface area contributed by atoms with E-state index in [1.165, 1.54) is 16.7 Å². The molecule has 0 unspecified atom stereocenters. The van der Waals surface area contributed by atoms with Gasteiger partial charge in [0.2, 0.25) is 0 Å². The highest BCUT2D eigenvalue weighted by molar-refractivity contribution is 5.66. The van der Waals surface area contributed by atoms with Crippen molar-refractivity contribution in [2.75, 3.05) is 26.2 Å². The van der Waals surface area contributed by atoms with E-state index < -0.39 is 0 Å². The number of hydrogen-bond donors (Lipinski definition) is 1. The molecule has 18 heavy (non-hydrogen) atoms. The van der Waals surface area contributed by atoms with Crippen LogP contribution in [-0.4, -0.2) is 31.1 Å². The summed E-state index contributed by atoms with van der Waals surface area (Å²) >= 11 is 0. The van der Waals surface area contributed by atoms with Gasteiger partial charge in [-0.25, -0.2) is 0 Å². The van der Waals surface area contributed by atoms with E-state index in [0.29, 0.717) is 0 Å². The molecule has 2 nitrogen and oxygen atoms in total. The Bertz CT molecular complexity index is 388. The van der Waals surface area contributed by atoms with Crippen molar-refractivity contribution in [3.63, 3.8) is 0 Å². The molecule has 2 heteroatoms. The average molecular weight is 244 g/mol. The molecular formula is C16H24N2. The van der Waals surface area contributed by atoms with Gasteiger partial charge in [-0.1, -0.05) is 44.2 Å². The normalized spacial score (nSPS) is 15.8. The van der Waals surface area contributed by atoms with Crippen LogP contribution in [0.2, 0.25) is 0 Å². The molecule has 0 saturated carbocycles. The topological polar surface area (TPSA) is 15.3 Å². The lowest BCUT2D eigenvalue weighted by Gasteiger charge is -2.19. The van der Waals surface area contributed by atoms with E-state index in [-0.39, 0.29) is 0 Å². The first kappa shape index (κ1) is 13.3. The summed E-state index contributed by atoms with van der Waals surface area (Å²) in [6.45, 7) is 9.86. The average Bonchev–Trinajstić information content (AvgIpc) is 2.46. The molecule has 1 aromatic rings. The lowest BCUT2D eigenvalue weighted by molar-refractivity contribution is 0.296. The molecule has 98 valence electrons.